The van der Waals surface area contributed by atoms with E-state index in [1.165, 1.54) is 28.4 Å². The van der Waals surface area contributed by atoms with Gasteiger partial charge in [-0.05, 0) is 23.3 Å². The van der Waals surface area contributed by atoms with Crippen LogP contribution in [0.2, 0.25) is 10.0 Å². The van der Waals surface area contributed by atoms with Crippen molar-refractivity contribution in [3.63, 3.8) is 0 Å². The maximum absolute atomic E-state index is 12.7. The largest absolute Gasteiger partial charge is 0.477 e. The number of benzene rings is 1. The molecule has 2 aliphatic rings. The van der Waals surface area contributed by atoms with E-state index in [9.17, 15) is 19.5 Å². The number of aryl methyl sites for hydroxylation is 1. The standard InChI is InChI=1S/C19H17Cl2N5O5S2/c1-8-24-25-19(31-8)33-7-10-6-32-16-13(15(27)26(16)14(10)17(28)29)23-18(30)22-5-9-2-3-11(20)4-12(9)21/h2-4,13,16H,5-7H2,1H3,(H,28,29)(H2,22,23,30)/t13?,16-/m1/s1. The number of aliphatic carboxylic acids is 1. The smallest absolute Gasteiger partial charge is 0.352 e. The molecule has 2 aromatic rings. The average molecular weight is 530 g/mol. The number of hydrogen-bond donors (Lipinski definition) is 3. The van der Waals surface area contributed by atoms with Crippen LogP contribution in [-0.2, 0) is 16.1 Å². The highest BCUT2D eigenvalue weighted by molar-refractivity contribution is 8.01. The van der Waals surface area contributed by atoms with Crippen molar-refractivity contribution >= 4 is 64.6 Å². The van der Waals surface area contributed by atoms with Gasteiger partial charge in [-0.1, -0.05) is 41.0 Å². The summed E-state index contributed by atoms with van der Waals surface area (Å²) in [5.41, 5.74) is 1.16. The Morgan fingerprint density at radius 1 is 1.36 bits per heavy atom. The maximum atomic E-state index is 12.7. The molecular formula is C19H17Cl2N5O5S2. The molecule has 1 saturated heterocycles. The third kappa shape index (κ3) is 5.08. The fourth-order valence-electron chi connectivity index (χ4n) is 3.31. The second kappa shape index (κ2) is 9.84. The summed E-state index contributed by atoms with van der Waals surface area (Å²) < 4.78 is 5.30. The van der Waals surface area contributed by atoms with Gasteiger partial charge in [-0.15, -0.1) is 22.0 Å². The van der Waals surface area contributed by atoms with Crippen molar-refractivity contribution in [1.82, 2.24) is 25.7 Å². The molecule has 1 unspecified atom stereocenters. The Balaban J connectivity index is 1.38. The number of β-lactam (4-membered cyclic amide) rings is 1. The lowest BCUT2D eigenvalue weighted by Crippen LogP contribution is -2.71. The number of fused-ring (bicyclic) bond motifs is 1. The Labute approximate surface area is 206 Å². The number of carboxylic acid groups (broad SMARTS) is 1. The van der Waals surface area contributed by atoms with E-state index in [0.29, 0.717) is 38.0 Å². The Hall–Kier alpha value is -2.41. The quantitative estimate of drug-likeness (QED) is 0.365. The van der Waals surface area contributed by atoms with Gasteiger partial charge in [0.2, 0.25) is 5.89 Å². The van der Waals surface area contributed by atoms with Crippen molar-refractivity contribution in [3.05, 3.63) is 51.0 Å². The van der Waals surface area contributed by atoms with E-state index >= 15 is 0 Å². The number of hydrogen-bond acceptors (Lipinski definition) is 8. The number of nitrogens with zero attached hydrogens (tertiary/aromatic N) is 3. The molecule has 14 heteroatoms. The summed E-state index contributed by atoms with van der Waals surface area (Å²) in [7, 11) is 0. The summed E-state index contributed by atoms with van der Waals surface area (Å²) in [5, 5.41) is 23.3. The number of amides is 3. The fraction of sp³-hybridized carbons (Fsp3) is 0.316. The predicted molar refractivity (Wildman–Crippen MR) is 123 cm³/mol. The SMILES string of the molecule is Cc1nnc(SCC2=C(C(=O)O)N3C(=O)C(NC(=O)NCc4ccc(Cl)cc4Cl)[C@H]3SC2)o1. The van der Waals surface area contributed by atoms with E-state index in [1.54, 1.807) is 25.1 Å². The number of carbonyl (C=O) groups excluding carboxylic acids is 2. The number of thioether (sulfide) groups is 2. The first-order valence-electron chi connectivity index (χ1n) is 9.55. The van der Waals surface area contributed by atoms with Crippen molar-refractivity contribution in [1.29, 1.82) is 0 Å². The number of aromatic nitrogens is 2. The molecule has 3 heterocycles. The van der Waals surface area contributed by atoms with E-state index in [1.807, 2.05) is 0 Å². The molecule has 0 spiro atoms. The van der Waals surface area contributed by atoms with Crippen molar-refractivity contribution in [2.45, 2.75) is 30.1 Å². The highest BCUT2D eigenvalue weighted by Crippen LogP contribution is 2.41. The van der Waals surface area contributed by atoms with Gasteiger partial charge >= 0.3 is 12.0 Å². The molecule has 0 radical (unpaired) electrons. The lowest BCUT2D eigenvalue weighted by atomic mass is 10.0. The molecule has 4 rings (SSSR count). The monoisotopic (exact) mass is 529 g/mol. The zero-order valence-corrected chi connectivity index (χ0v) is 20.1. The molecule has 3 N–H and O–H groups in total. The van der Waals surface area contributed by atoms with Crippen LogP contribution in [0.4, 0.5) is 4.79 Å². The van der Waals surface area contributed by atoms with Crippen LogP contribution in [-0.4, -0.2) is 61.0 Å². The van der Waals surface area contributed by atoms with Crippen LogP contribution in [0.1, 0.15) is 11.5 Å². The second-order valence-electron chi connectivity index (χ2n) is 7.08. The number of urea groups is 1. The van der Waals surface area contributed by atoms with E-state index < -0.39 is 29.3 Å². The van der Waals surface area contributed by atoms with Crippen LogP contribution >= 0.6 is 46.7 Å². The van der Waals surface area contributed by atoms with E-state index in [0.717, 1.165) is 0 Å². The van der Waals surface area contributed by atoms with Crippen LogP contribution in [0, 0.1) is 6.92 Å². The highest BCUT2D eigenvalue weighted by Gasteiger charge is 2.54. The minimum Gasteiger partial charge on any atom is -0.477 e. The Bertz CT molecular complexity index is 1160. The third-order valence-corrected chi connectivity index (χ3v) is 7.70. The van der Waals surface area contributed by atoms with Crippen molar-refractivity contribution in [2.75, 3.05) is 11.5 Å². The summed E-state index contributed by atoms with van der Waals surface area (Å²) in [4.78, 5) is 38.2. The predicted octanol–water partition coefficient (Wildman–Crippen LogP) is 2.90. The molecule has 1 aromatic carbocycles. The summed E-state index contributed by atoms with van der Waals surface area (Å²) in [5.74, 6) is -0.609. The Morgan fingerprint density at radius 3 is 2.82 bits per heavy atom. The van der Waals surface area contributed by atoms with E-state index in [4.69, 9.17) is 27.6 Å². The Morgan fingerprint density at radius 2 is 2.15 bits per heavy atom. The summed E-state index contributed by atoms with van der Waals surface area (Å²) >= 11 is 14.6. The van der Waals surface area contributed by atoms with Gasteiger partial charge in [0.25, 0.3) is 11.1 Å². The molecule has 2 aliphatic heterocycles. The number of halogens is 2. The molecular weight excluding hydrogens is 513 g/mol. The average Bonchev–Trinajstić information content (AvgIpc) is 3.19. The van der Waals surface area contributed by atoms with Gasteiger partial charge < -0.3 is 20.2 Å². The van der Waals surface area contributed by atoms with Gasteiger partial charge in [0.1, 0.15) is 17.1 Å². The van der Waals surface area contributed by atoms with Crippen LogP contribution in [0.5, 0.6) is 0 Å². The van der Waals surface area contributed by atoms with Crippen molar-refractivity contribution < 1.29 is 23.9 Å². The lowest BCUT2D eigenvalue weighted by molar-refractivity contribution is -0.148. The molecule has 0 bridgehead atoms. The highest BCUT2D eigenvalue weighted by atomic mass is 35.5. The molecule has 1 fully saturated rings. The van der Waals surface area contributed by atoms with Gasteiger partial charge in [0.15, 0.2) is 0 Å². The first kappa shape index (κ1) is 23.7. The first-order chi connectivity index (χ1) is 15.7. The molecule has 2 atom stereocenters. The Kier molecular flexibility index (Phi) is 7.07. The summed E-state index contributed by atoms with van der Waals surface area (Å²) in [6, 6.07) is 3.52. The zero-order valence-electron chi connectivity index (χ0n) is 17.0. The van der Waals surface area contributed by atoms with Crippen molar-refractivity contribution in [2.24, 2.45) is 0 Å². The van der Waals surface area contributed by atoms with Gasteiger partial charge in [0.05, 0.1) is 0 Å². The van der Waals surface area contributed by atoms with Gasteiger partial charge in [-0.3, -0.25) is 9.69 Å². The fourth-order valence-corrected chi connectivity index (χ4v) is 6.08. The minimum absolute atomic E-state index is 0.0705. The summed E-state index contributed by atoms with van der Waals surface area (Å²) in [6.45, 7) is 1.80. The minimum atomic E-state index is -1.20. The molecule has 0 saturated carbocycles. The number of nitrogens with one attached hydrogen (secondary N) is 2. The van der Waals surface area contributed by atoms with Crippen molar-refractivity contribution in [3.8, 4) is 0 Å². The van der Waals surface area contributed by atoms with Gasteiger partial charge in [0, 0.05) is 35.0 Å². The number of rotatable bonds is 7. The molecule has 1 aromatic heterocycles. The third-order valence-electron chi connectivity index (χ3n) is 4.87. The van der Waals surface area contributed by atoms with E-state index in [2.05, 4.69) is 20.8 Å². The second-order valence-corrected chi connectivity index (χ2v) is 9.96. The van der Waals surface area contributed by atoms with Crippen LogP contribution in [0.15, 0.2) is 39.1 Å². The summed E-state index contributed by atoms with van der Waals surface area (Å²) in [6.07, 6.45) is 0. The van der Waals surface area contributed by atoms with Gasteiger partial charge in [-0.2, -0.15) is 0 Å². The van der Waals surface area contributed by atoms with E-state index in [-0.39, 0.29) is 18.0 Å². The first-order valence-corrected chi connectivity index (χ1v) is 12.3. The van der Waals surface area contributed by atoms with Crippen LogP contribution in [0.3, 0.4) is 0 Å². The number of carbonyl (C=O) groups is 3. The maximum Gasteiger partial charge on any atom is 0.352 e. The lowest BCUT2D eigenvalue weighted by Gasteiger charge is -2.49. The molecule has 3 amide bonds. The van der Waals surface area contributed by atoms with Crippen LogP contribution in [0.25, 0.3) is 0 Å². The zero-order chi connectivity index (χ0) is 23.7. The molecule has 33 heavy (non-hydrogen) atoms. The molecule has 174 valence electrons. The number of carboxylic acids is 1. The topological polar surface area (TPSA) is 138 Å². The van der Waals surface area contributed by atoms with Gasteiger partial charge in [-0.25, -0.2) is 9.59 Å². The van der Waals surface area contributed by atoms with Crippen LogP contribution < -0.4 is 10.6 Å². The normalized spacial score (nSPS) is 19.7. The molecule has 0 aliphatic carbocycles. The molecule has 10 nitrogen and oxygen atoms in total.